The van der Waals surface area contributed by atoms with Crippen LogP contribution in [0.3, 0.4) is 0 Å². The number of non-ortho nitro benzene ring substituents is 1. The number of halogens is 13. The summed E-state index contributed by atoms with van der Waals surface area (Å²) in [5.74, 6) is 0. The average molecular weight is 486 g/mol. The number of nitro benzene ring substituents is 1. The van der Waals surface area contributed by atoms with Crippen LogP contribution in [-0.4, -0.2) is 33.8 Å². The Morgan fingerprint density at radius 3 is 1.48 bits per heavy atom. The zero-order chi connectivity index (χ0) is 23.3. The van der Waals surface area contributed by atoms with E-state index < -0.39 is 26.7 Å². The number of methoxy groups -OCH3 is 1. The van der Waals surface area contributed by atoms with Gasteiger partial charge in [-0.25, -0.2) is 0 Å². The summed E-state index contributed by atoms with van der Waals surface area (Å²) in [5.41, 5.74) is 0.648. The first-order chi connectivity index (χ1) is 12.1. The van der Waals surface area contributed by atoms with E-state index in [9.17, 15) is 61.9 Å². The average Bonchev–Trinajstić information content (AvgIpc) is 2.35. The van der Waals surface area contributed by atoms with Crippen molar-refractivity contribution in [2.75, 3.05) is 7.11 Å². The van der Waals surface area contributed by atoms with Crippen LogP contribution >= 0.6 is 11.6 Å². The molecule has 1 rings (SSSR count). The van der Waals surface area contributed by atoms with Crippen LogP contribution in [0.5, 0.6) is 0 Å². The van der Waals surface area contributed by atoms with E-state index in [-0.39, 0.29) is 43.3 Å². The Kier molecular flexibility index (Phi) is 19.6. The number of rotatable bonds is 3. The van der Waals surface area contributed by atoms with Crippen LogP contribution in [0.15, 0.2) is 18.2 Å². The summed E-state index contributed by atoms with van der Waals surface area (Å²) in [6.07, 6.45) is 0. The van der Waals surface area contributed by atoms with Crippen LogP contribution in [0, 0.1) is 10.1 Å². The van der Waals surface area contributed by atoms with Crippen LogP contribution in [-0.2, 0) is 11.3 Å². The molecule has 0 radical (unpaired) electrons. The van der Waals surface area contributed by atoms with E-state index in [4.69, 9.17) is 16.3 Å². The first-order valence-electron chi connectivity index (χ1n) is 6.18. The molecule has 0 fully saturated rings. The number of benzene rings is 1. The Morgan fingerprint density at radius 2 is 1.24 bits per heavy atom. The van der Waals surface area contributed by atoms with Gasteiger partial charge in [-0.3, -0.25) is 10.1 Å². The third-order valence-corrected chi connectivity index (χ3v) is 1.91. The van der Waals surface area contributed by atoms with Crippen LogP contribution in [0.2, 0.25) is 5.02 Å². The van der Waals surface area contributed by atoms with Crippen LogP contribution in [0.4, 0.5) is 57.5 Å². The molecule has 1 aromatic rings. The fraction of sp³-hybridized carbons (Fsp3) is 0.250. The molecule has 0 aliphatic heterocycles. The van der Waals surface area contributed by atoms with Crippen molar-refractivity contribution in [2.45, 2.75) is 6.61 Å². The third-order valence-electron chi connectivity index (χ3n) is 1.54. The Hall–Kier alpha value is -0.775. The van der Waals surface area contributed by atoms with E-state index in [2.05, 4.69) is 0 Å². The van der Waals surface area contributed by atoms with Gasteiger partial charge in [0.05, 0.1) is 11.5 Å². The quantitative estimate of drug-likeness (QED) is 0.285. The van der Waals surface area contributed by atoms with Crippen molar-refractivity contribution in [1.29, 1.82) is 0 Å². The second kappa shape index (κ2) is 16.0. The Bertz CT molecular complexity index is 549. The maximum atomic E-state index is 10.4. The molecule has 0 unspecified atom stereocenters. The SMILES string of the molecule is COCc1cc([N+](=O)[O-])ccc1Cl.F[B-](F)(F)F.F[B-](F)(F)F.F[B-](F)(F)F.[H-].[Na+]. The summed E-state index contributed by atoms with van der Waals surface area (Å²) >= 11 is 5.78. The van der Waals surface area contributed by atoms with E-state index >= 15 is 0 Å². The molecule has 0 amide bonds. The smallest absolute Gasteiger partial charge is 1.00 e. The number of hydrogen-bond acceptors (Lipinski definition) is 3. The van der Waals surface area contributed by atoms with Gasteiger partial charge >= 0.3 is 51.3 Å². The summed E-state index contributed by atoms with van der Waals surface area (Å²) in [7, 11) is -16.5. The Labute approximate surface area is 184 Å². The molecule has 0 aliphatic carbocycles. The molecule has 4 nitrogen and oxygen atoms in total. The van der Waals surface area contributed by atoms with E-state index in [1.165, 1.54) is 25.3 Å². The van der Waals surface area contributed by atoms with Crippen LogP contribution < -0.4 is 29.6 Å². The van der Waals surface area contributed by atoms with Gasteiger partial charge in [-0.1, -0.05) is 11.6 Å². The molecule has 0 atom stereocenters. The number of nitrogens with zero attached hydrogens (tertiary/aromatic N) is 1. The van der Waals surface area contributed by atoms with E-state index in [1.54, 1.807) is 0 Å². The maximum Gasteiger partial charge on any atom is 1.00 e. The summed E-state index contributed by atoms with van der Waals surface area (Å²) in [6, 6.07) is 4.27. The monoisotopic (exact) mass is 486 g/mol. The Morgan fingerprint density at radius 1 is 0.931 bits per heavy atom. The molecule has 0 saturated heterocycles. The molecule has 0 N–H and O–H groups in total. The van der Waals surface area contributed by atoms with Gasteiger partial charge in [0.15, 0.2) is 0 Å². The molecule has 0 saturated carbocycles. The van der Waals surface area contributed by atoms with Gasteiger partial charge in [0.1, 0.15) is 0 Å². The normalized spacial score (nSPS) is 10.7. The first-order valence-corrected chi connectivity index (χ1v) is 6.56. The molecule has 168 valence electrons. The van der Waals surface area contributed by atoms with Crippen molar-refractivity contribution in [3.63, 3.8) is 0 Å². The molecular weight excluding hydrogens is 477 g/mol. The number of ether oxygens (including phenoxy) is 1. The molecule has 0 bridgehead atoms. The fourth-order valence-electron chi connectivity index (χ4n) is 0.941. The molecule has 0 heterocycles. The van der Waals surface area contributed by atoms with Gasteiger partial charge in [0, 0.05) is 29.8 Å². The molecule has 21 heteroatoms. The number of nitro groups is 1. The van der Waals surface area contributed by atoms with Crippen molar-refractivity contribution in [2.24, 2.45) is 0 Å². The van der Waals surface area contributed by atoms with Gasteiger partial charge in [-0.15, -0.1) is 0 Å². The van der Waals surface area contributed by atoms with Crippen molar-refractivity contribution in [3.05, 3.63) is 38.9 Å². The van der Waals surface area contributed by atoms with Gasteiger partial charge in [-0.2, -0.15) is 0 Å². The van der Waals surface area contributed by atoms with Crippen molar-refractivity contribution in [3.8, 4) is 0 Å². The van der Waals surface area contributed by atoms with E-state index in [1.807, 2.05) is 0 Å². The molecule has 0 aromatic heterocycles. The van der Waals surface area contributed by atoms with Crippen molar-refractivity contribution in [1.82, 2.24) is 0 Å². The van der Waals surface area contributed by atoms with Crippen LogP contribution in [0.1, 0.15) is 6.99 Å². The van der Waals surface area contributed by atoms with Gasteiger partial charge in [-0.05, 0) is 6.07 Å². The molecule has 0 spiro atoms. The molecule has 1 aromatic carbocycles. The summed E-state index contributed by atoms with van der Waals surface area (Å²) in [5, 5.41) is 10.9. The molecule has 29 heavy (non-hydrogen) atoms. The minimum atomic E-state index is -6.00. The van der Waals surface area contributed by atoms with Gasteiger partial charge in [0.2, 0.25) is 0 Å². The zero-order valence-corrected chi connectivity index (χ0v) is 17.0. The predicted molar refractivity (Wildman–Crippen MR) is 80.5 cm³/mol. The fourth-order valence-corrected chi connectivity index (χ4v) is 1.11. The zero-order valence-electron chi connectivity index (χ0n) is 15.3. The predicted octanol–water partition coefficient (Wildman–Crippen LogP) is 3.41. The second-order valence-electron chi connectivity index (χ2n) is 3.95. The minimum Gasteiger partial charge on any atom is -1.00 e. The third kappa shape index (κ3) is 46.9. The van der Waals surface area contributed by atoms with Crippen molar-refractivity contribution >= 4 is 39.1 Å². The molecule has 0 aliphatic rings. The summed E-state index contributed by atoms with van der Waals surface area (Å²) in [4.78, 5) is 9.93. The van der Waals surface area contributed by atoms with Gasteiger partial charge in [0.25, 0.3) is 5.69 Å². The first kappa shape index (κ1) is 35.6. The second-order valence-corrected chi connectivity index (χ2v) is 4.36. The Balaban J connectivity index is -0.000000104. The van der Waals surface area contributed by atoms with E-state index in [0.717, 1.165) is 0 Å². The van der Waals surface area contributed by atoms with Gasteiger partial charge < -0.3 is 58.0 Å². The van der Waals surface area contributed by atoms with Crippen molar-refractivity contribution < 1.29 is 92.4 Å². The number of hydrogen-bond donors (Lipinski definition) is 0. The maximum absolute atomic E-state index is 10.4. The standard InChI is InChI=1S/C8H8ClNO3.3BF4.Na.H/c1-13-5-6-4-7(10(11)12)2-3-8(6)9;3*2-1(3,4)5;;/h2-4H,5H2,1H3;;;;;/q;3*-1;+1;-1. The summed E-state index contributed by atoms with van der Waals surface area (Å²) < 4.78 is 122. The largest absolute Gasteiger partial charge is 1.00 e. The topological polar surface area (TPSA) is 52.4 Å². The van der Waals surface area contributed by atoms with E-state index in [0.29, 0.717) is 10.6 Å². The minimum absolute atomic E-state index is 0. The van der Waals surface area contributed by atoms with Crippen LogP contribution in [0.25, 0.3) is 0 Å². The summed E-state index contributed by atoms with van der Waals surface area (Å²) in [6.45, 7) is 0.278. The molecular formula is C8H9B3ClF12NNaO3-3.